The van der Waals surface area contributed by atoms with Gasteiger partial charge in [0, 0.05) is 11.4 Å². The van der Waals surface area contributed by atoms with Crippen LogP contribution in [0.15, 0.2) is 6.33 Å². The van der Waals surface area contributed by atoms with Crippen LogP contribution in [0.4, 0.5) is 5.82 Å². The van der Waals surface area contributed by atoms with Crippen molar-refractivity contribution in [3.05, 3.63) is 16.8 Å². The van der Waals surface area contributed by atoms with Crippen LogP contribution in [-0.2, 0) is 0 Å². The highest BCUT2D eigenvalue weighted by atomic mass is 32.1. The molecule has 108 valence electrons. The lowest BCUT2D eigenvalue weighted by atomic mass is 10.2. The fourth-order valence-corrected chi connectivity index (χ4v) is 3.83. The second-order valence-corrected chi connectivity index (χ2v) is 6.72. The van der Waals surface area contributed by atoms with E-state index in [-0.39, 0.29) is 0 Å². The highest BCUT2D eigenvalue weighted by Crippen LogP contribution is 2.32. The highest BCUT2D eigenvalue weighted by molar-refractivity contribution is 7.18. The number of hydrogen-bond donors (Lipinski definition) is 1. The lowest BCUT2D eigenvalue weighted by Gasteiger charge is -2.14. The Morgan fingerprint density at radius 2 is 2.05 bits per heavy atom. The zero-order valence-corrected chi connectivity index (χ0v) is 13.1. The maximum atomic E-state index is 4.42. The van der Waals surface area contributed by atoms with E-state index >= 15 is 0 Å². The van der Waals surface area contributed by atoms with Crippen LogP contribution < -0.4 is 5.32 Å². The minimum atomic E-state index is 0.983. The van der Waals surface area contributed by atoms with Gasteiger partial charge in [-0.05, 0) is 58.3 Å². The van der Waals surface area contributed by atoms with E-state index in [4.69, 9.17) is 0 Å². The summed E-state index contributed by atoms with van der Waals surface area (Å²) in [6, 6.07) is 0. The average Bonchev–Trinajstić information content (AvgIpc) is 3.05. The van der Waals surface area contributed by atoms with Gasteiger partial charge in [0.2, 0.25) is 0 Å². The summed E-state index contributed by atoms with van der Waals surface area (Å²) in [5, 5.41) is 4.70. The normalized spacial score (nSPS) is 16.1. The van der Waals surface area contributed by atoms with Crippen LogP contribution in [0.25, 0.3) is 10.2 Å². The van der Waals surface area contributed by atoms with E-state index in [2.05, 4.69) is 34.0 Å². The summed E-state index contributed by atoms with van der Waals surface area (Å²) in [5.41, 5.74) is 1.31. The predicted molar refractivity (Wildman–Crippen MR) is 85.7 cm³/mol. The first kappa shape index (κ1) is 13.8. The molecule has 0 amide bonds. The predicted octanol–water partition coefficient (Wildman–Crippen LogP) is 3.21. The van der Waals surface area contributed by atoms with Crippen molar-refractivity contribution in [2.75, 3.05) is 31.5 Å². The molecule has 3 rings (SSSR count). The molecule has 0 saturated carbocycles. The molecule has 1 saturated heterocycles. The summed E-state index contributed by atoms with van der Waals surface area (Å²) in [6.45, 7) is 9.05. The second-order valence-electron chi connectivity index (χ2n) is 5.51. The standard InChI is InChI=1S/C15H22N4S/c1-11-12(2)20-15-13(11)14(17-10-18-15)16-6-5-9-19-7-3-4-8-19/h10H,3-9H2,1-2H3,(H,16,17,18). The third-order valence-electron chi connectivity index (χ3n) is 4.11. The summed E-state index contributed by atoms with van der Waals surface area (Å²) in [4.78, 5) is 13.8. The molecule has 4 nitrogen and oxygen atoms in total. The molecule has 1 N–H and O–H groups in total. The number of fused-ring (bicyclic) bond motifs is 1. The van der Waals surface area contributed by atoms with Gasteiger partial charge in [0.15, 0.2) is 0 Å². The SMILES string of the molecule is Cc1sc2ncnc(NCCCN3CCCC3)c2c1C. The number of anilines is 1. The molecule has 0 atom stereocenters. The highest BCUT2D eigenvalue weighted by Gasteiger charge is 2.12. The fourth-order valence-electron chi connectivity index (χ4n) is 2.83. The van der Waals surface area contributed by atoms with Gasteiger partial charge in [-0.1, -0.05) is 0 Å². The monoisotopic (exact) mass is 290 g/mol. The van der Waals surface area contributed by atoms with Crippen LogP contribution in [-0.4, -0.2) is 41.0 Å². The molecule has 0 radical (unpaired) electrons. The van der Waals surface area contributed by atoms with Crippen molar-refractivity contribution < 1.29 is 0 Å². The van der Waals surface area contributed by atoms with E-state index in [1.54, 1.807) is 17.7 Å². The van der Waals surface area contributed by atoms with Gasteiger partial charge in [0.25, 0.3) is 0 Å². The number of nitrogens with zero attached hydrogens (tertiary/aromatic N) is 3. The molecule has 5 heteroatoms. The Balaban J connectivity index is 1.62. The van der Waals surface area contributed by atoms with Crippen molar-refractivity contribution in [1.29, 1.82) is 0 Å². The Hall–Kier alpha value is -1.20. The van der Waals surface area contributed by atoms with Gasteiger partial charge in [0.05, 0.1) is 5.39 Å². The van der Waals surface area contributed by atoms with Gasteiger partial charge in [-0.3, -0.25) is 0 Å². The van der Waals surface area contributed by atoms with Crippen LogP contribution in [0, 0.1) is 13.8 Å². The zero-order chi connectivity index (χ0) is 13.9. The maximum absolute atomic E-state index is 4.42. The largest absolute Gasteiger partial charge is 0.369 e. The molecule has 0 aromatic carbocycles. The van der Waals surface area contributed by atoms with Crippen molar-refractivity contribution in [2.24, 2.45) is 0 Å². The van der Waals surface area contributed by atoms with Crippen molar-refractivity contribution in [3.63, 3.8) is 0 Å². The first-order valence-electron chi connectivity index (χ1n) is 7.42. The van der Waals surface area contributed by atoms with Crippen LogP contribution in [0.3, 0.4) is 0 Å². The summed E-state index contributed by atoms with van der Waals surface area (Å²) in [7, 11) is 0. The number of rotatable bonds is 5. The van der Waals surface area contributed by atoms with Crippen LogP contribution in [0.2, 0.25) is 0 Å². The molecule has 2 aromatic rings. The molecule has 0 aliphatic carbocycles. The molecule has 20 heavy (non-hydrogen) atoms. The van der Waals surface area contributed by atoms with Crippen molar-refractivity contribution in [3.8, 4) is 0 Å². The van der Waals surface area contributed by atoms with Gasteiger partial charge in [-0.25, -0.2) is 9.97 Å². The molecule has 1 fully saturated rings. The van der Waals surface area contributed by atoms with Gasteiger partial charge < -0.3 is 10.2 Å². The number of thiophene rings is 1. The molecule has 0 unspecified atom stereocenters. The molecule has 0 spiro atoms. The number of aryl methyl sites for hydroxylation is 2. The third kappa shape index (κ3) is 2.79. The van der Waals surface area contributed by atoms with E-state index in [1.807, 2.05) is 0 Å². The summed E-state index contributed by atoms with van der Waals surface area (Å²) < 4.78 is 0. The van der Waals surface area contributed by atoms with E-state index in [0.29, 0.717) is 0 Å². The van der Waals surface area contributed by atoms with Crippen LogP contribution in [0.1, 0.15) is 29.7 Å². The number of nitrogens with one attached hydrogen (secondary N) is 1. The van der Waals surface area contributed by atoms with E-state index < -0.39 is 0 Å². The Morgan fingerprint density at radius 1 is 1.25 bits per heavy atom. The lowest BCUT2D eigenvalue weighted by Crippen LogP contribution is -2.22. The van der Waals surface area contributed by atoms with Crippen molar-refractivity contribution in [2.45, 2.75) is 33.1 Å². The molecular weight excluding hydrogens is 268 g/mol. The molecule has 2 aromatic heterocycles. The average molecular weight is 290 g/mol. The quantitative estimate of drug-likeness (QED) is 0.859. The number of aromatic nitrogens is 2. The minimum Gasteiger partial charge on any atom is -0.369 e. The molecular formula is C15H22N4S. The van der Waals surface area contributed by atoms with Crippen LogP contribution in [0.5, 0.6) is 0 Å². The maximum Gasteiger partial charge on any atom is 0.138 e. The third-order valence-corrected chi connectivity index (χ3v) is 5.22. The smallest absolute Gasteiger partial charge is 0.138 e. The Kier molecular flexibility index (Phi) is 4.17. The first-order valence-corrected chi connectivity index (χ1v) is 8.24. The number of hydrogen-bond acceptors (Lipinski definition) is 5. The molecule has 1 aliphatic heterocycles. The van der Waals surface area contributed by atoms with Gasteiger partial charge in [0.1, 0.15) is 17.0 Å². The van der Waals surface area contributed by atoms with Crippen LogP contribution >= 0.6 is 11.3 Å². The minimum absolute atomic E-state index is 0.983. The van der Waals surface area contributed by atoms with Gasteiger partial charge in [-0.2, -0.15) is 0 Å². The summed E-state index contributed by atoms with van der Waals surface area (Å²) >= 11 is 1.75. The van der Waals surface area contributed by atoms with Gasteiger partial charge >= 0.3 is 0 Å². The Morgan fingerprint density at radius 3 is 2.85 bits per heavy atom. The van der Waals surface area contributed by atoms with Crippen molar-refractivity contribution in [1.82, 2.24) is 14.9 Å². The Labute approximate surface area is 124 Å². The zero-order valence-electron chi connectivity index (χ0n) is 12.3. The fraction of sp³-hybridized carbons (Fsp3) is 0.600. The van der Waals surface area contributed by atoms with Gasteiger partial charge in [-0.15, -0.1) is 11.3 Å². The summed E-state index contributed by atoms with van der Waals surface area (Å²) in [5.74, 6) is 0.998. The lowest BCUT2D eigenvalue weighted by molar-refractivity contribution is 0.337. The topological polar surface area (TPSA) is 41.1 Å². The van der Waals surface area contributed by atoms with E-state index in [9.17, 15) is 0 Å². The molecule has 0 bridgehead atoms. The van der Waals surface area contributed by atoms with E-state index in [1.165, 1.54) is 54.7 Å². The molecule has 3 heterocycles. The first-order chi connectivity index (χ1) is 9.75. The second kappa shape index (κ2) is 6.06. The molecule has 1 aliphatic rings. The number of likely N-dealkylation sites (tertiary alicyclic amines) is 1. The van der Waals surface area contributed by atoms with Crippen molar-refractivity contribution >= 4 is 27.4 Å². The Bertz CT molecular complexity index is 587. The van der Waals surface area contributed by atoms with E-state index in [0.717, 1.165) is 17.2 Å². The summed E-state index contributed by atoms with van der Waals surface area (Å²) in [6.07, 6.45) is 5.58.